The van der Waals surface area contributed by atoms with Crippen molar-refractivity contribution in [1.82, 2.24) is 4.57 Å². The molecule has 0 amide bonds. The fraction of sp³-hybridized carbons (Fsp3) is 0.0556. The summed E-state index contributed by atoms with van der Waals surface area (Å²) in [5, 5.41) is 1.21. The van der Waals surface area contributed by atoms with Gasteiger partial charge in [-0.1, -0.05) is 47.5 Å². The first kappa shape index (κ1) is 14.9. The minimum absolute atomic E-state index is 0.0392. The Morgan fingerprint density at radius 2 is 1.27 bits per heavy atom. The standard InChI is InChI=1S/C18H13Cl2NO/c1-21-10-16(12-4-2-6-14(19)8-12)18(22)17(11-21)13-5-3-7-15(20)9-13/h2-11H,1H3. The van der Waals surface area contributed by atoms with Gasteiger partial charge in [-0.3, -0.25) is 4.79 Å². The molecule has 4 heteroatoms. The summed E-state index contributed by atoms with van der Waals surface area (Å²) < 4.78 is 1.87. The maximum absolute atomic E-state index is 12.8. The molecule has 0 saturated heterocycles. The van der Waals surface area contributed by atoms with Gasteiger partial charge in [0.1, 0.15) is 0 Å². The summed E-state index contributed by atoms with van der Waals surface area (Å²) >= 11 is 12.1. The van der Waals surface area contributed by atoms with Gasteiger partial charge in [0, 0.05) is 40.6 Å². The molecule has 0 aliphatic carbocycles. The summed E-state index contributed by atoms with van der Waals surface area (Å²) in [6, 6.07) is 14.6. The maximum Gasteiger partial charge on any atom is 0.197 e. The molecule has 0 atom stereocenters. The van der Waals surface area contributed by atoms with Crippen molar-refractivity contribution in [3.63, 3.8) is 0 Å². The molecule has 0 unspecified atom stereocenters. The molecule has 1 heterocycles. The third-order valence-electron chi connectivity index (χ3n) is 3.43. The van der Waals surface area contributed by atoms with Gasteiger partial charge in [-0.25, -0.2) is 0 Å². The van der Waals surface area contributed by atoms with Gasteiger partial charge >= 0.3 is 0 Å². The average molecular weight is 330 g/mol. The quantitative estimate of drug-likeness (QED) is 0.646. The number of pyridine rings is 1. The van der Waals surface area contributed by atoms with E-state index in [2.05, 4.69) is 0 Å². The van der Waals surface area contributed by atoms with E-state index in [1.807, 2.05) is 48.3 Å². The molecule has 110 valence electrons. The summed E-state index contributed by atoms with van der Waals surface area (Å²) in [4.78, 5) is 12.8. The molecule has 3 rings (SSSR count). The SMILES string of the molecule is Cn1cc(-c2cccc(Cl)c2)c(=O)c(-c2cccc(Cl)c2)c1. The van der Waals surface area contributed by atoms with E-state index >= 15 is 0 Å². The molecule has 0 spiro atoms. The van der Waals surface area contributed by atoms with Crippen LogP contribution in [0.25, 0.3) is 22.3 Å². The lowest BCUT2D eigenvalue weighted by Gasteiger charge is -2.09. The Morgan fingerprint density at radius 3 is 1.68 bits per heavy atom. The van der Waals surface area contributed by atoms with Crippen molar-refractivity contribution in [2.75, 3.05) is 0 Å². The van der Waals surface area contributed by atoms with Gasteiger partial charge in [-0.2, -0.15) is 0 Å². The average Bonchev–Trinajstić information content (AvgIpc) is 2.49. The second-order valence-electron chi connectivity index (χ2n) is 5.10. The lowest BCUT2D eigenvalue weighted by Crippen LogP contribution is -2.11. The zero-order valence-electron chi connectivity index (χ0n) is 11.9. The molecule has 2 aromatic carbocycles. The number of rotatable bonds is 2. The number of halogens is 2. The number of aryl methyl sites for hydroxylation is 1. The number of aromatic nitrogens is 1. The van der Waals surface area contributed by atoms with Crippen LogP contribution in [0.15, 0.2) is 65.7 Å². The fourth-order valence-electron chi connectivity index (χ4n) is 2.43. The predicted molar refractivity (Wildman–Crippen MR) is 92.6 cm³/mol. The van der Waals surface area contributed by atoms with Crippen molar-refractivity contribution in [2.24, 2.45) is 7.05 Å². The van der Waals surface area contributed by atoms with E-state index in [0.717, 1.165) is 11.1 Å². The Bertz CT molecular complexity index is 830. The molecule has 0 radical (unpaired) electrons. The summed E-state index contributed by atoms with van der Waals surface area (Å²) in [5.74, 6) is 0. The number of hydrogen-bond acceptors (Lipinski definition) is 1. The topological polar surface area (TPSA) is 22.0 Å². The van der Waals surface area contributed by atoms with Gasteiger partial charge in [-0.15, -0.1) is 0 Å². The molecule has 22 heavy (non-hydrogen) atoms. The smallest absolute Gasteiger partial charge is 0.197 e. The van der Waals surface area contributed by atoms with Crippen LogP contribution in [0, 0.1) is 0 Å². The maximum atomic E-state index is 12.8. The Hall–Kier alpha value is -2.03. The van der Waals surface area contributed by atoms with Crippen LogP contribution in [0.1, 0.15) is 0 Å². The normalized spacial score (nSPS) is 10.7. The van der Waals surface area contributed by atoms with Gasteiger partial charge < -0.3 is 4.57 Å². The number of benzene rings is 2. The van der Waals surface area contributed by atoms with Crippen LogP contribution < -0.4 is 5.43 Å². The van der Waals surface area contributed by atoms with E-state index < -0.39 is 0 Å². The second-order valence-corrected chi connectivity index (χ2v) is 5.97. The molecule has 3 aromatic rings. The lowest BCUT2D eigenvalue weighted by molar-refractivity contribution is 0.904. The highest BCUT2D eigenvalue weighted by Gasteiger charge is 2.11. The first-order chi connectivity index (χ1) is 10.5. The second kappa shape index (κ2) is 5.99. The van der Waals surface area contributed by atoms with Crippen LogP contribution >= 0.6 is 23.2 Å². The molecular formula is C18H13Cl2NO. The summed E-state index contributed by atoms with van der Waals surface area (Å²) in [6.45, 7) is 0. The minimum Gasteiger partial charge on any atom is -0.356 e. The van der Waals surface area contributed by atoms with Crippen LogP contribution in [-0.2, 0) is 7.05 Å². The summed E-state index contributed by atoms with van der Waals surface area (Å²) in [6.07, 6.45) is 3.62. The fourth-order valence-corrected chi connectivity index (χ4v) is 2.81. The van der Waals surface area contributed by atoms with Gasteiger partial charge in [0.25, 0.3) is 0 Å². The van der Waals surface area contributed by atoms with Crippen molar-refractivity contribution < 1.29 is 0 Å². The molecule has 0 saturated carbocycles. The Balaban J connectivity index is 2.24. The highest BCUT2D eigenvalue weighted by atomic mass is 35.5. The monoisotopic (exact) mass is 329 g/mol. The van der Waals surface area contributed by atoms with Gasteiger partial charge in [0.15, 0.2) is 5.43 Å². The van der Waals surface area contributed by atoms with E-state index in [4.69, 9.17) is 23.2 Å². The van der Waals surface area contributed by atoms with Gasteiger partial charge in [0.05, 0.1) is 0 Å². The highest BCUT2D eigenvalue weighted by Crippen LogP contribution is 2.24. The van der Waals surface area contributed by atoms with E-state index in [9.17, 15) is 4.79 Å². The highest BCUT2D eigenvalue weighted by molar-refractivity contribution is 6.31. The van der Waals surface area contributed by atoms with Crippen molar-refractivity contribution in [3.8, 4) is 22.3 Å². The first-order valence-corrected chi connectivity index (χ1v) is 7.52. The summed E-state index contributed by atoms with van der Waals surface area (Å²) in [5.41, 5.74) is 2.79. The first-order valence-electron chi connectivity index (χ1n) is 6.77. The zero-order valence-corrected chi connectivity index (χ0v) is 13.4. The Morgan fingerprint density at radius 1 is 0.818 bits per heavy atom. The van der Waals surface area contributed by atoms with Crippen molar-refractivity contribution in [2.45, 2.75) is 0 Å². The molecule has 0 bridgehead atoms. The lowest BCUT2D eigenvalue weighted by atomic mass is 10.0. The minimum atomic E-state index is -0.0392. The van der Waals surface area contributed by atoms with Crippen molar-refractivity contribution >= 4 is 23.2 Å². The Kier molecular flexibility index (Phi) is 4.06. The largest absolute Gasteiger partial charge is 0.356 e. The van der Waals surface area contributed by atoms with Crippen molar-refractivity contribution in [3.05, 3.63) is 81.2 Å². The van der Waals surface area contributed by atoms with Crippen LogP contribution in [-0.4, -0.2) is 4.57 Å². The molecule has 0 aliphatic heterocycles. The van der Waals surface area contributed by atoms with Crippen molar-refractivity contribution in [1.29, 1.82) is 0 Å². The predicted octanol–water partition coefficient (Wildman–Crippen LogP) is 5.03. The van der Waals surface area contributed by atoms with Crippen LogP contribution in [0.5, 0.6) is 0 Å². The molecular weight excluding hydrogens is 317 g/mol. The summed E-state index contributed by atoms with van der Waals surface area (Å²) in [7, 11) is 1.89. The van der Waals surface area contributed by atoms with Gasteiger partial charge in [-0.05, 0) is 35.4 Å². The van der Waals surface area contributed by atoms with E-state index in [1.165, 1.54) is 0 Å². The van der Waals surface area contributed by atoms with E-state index in [0.29, 0.717) is 21.2 Å². The molecule has 1 aromatic heterocycles. The van der Waals surface area contributed by atoms with Gasteiger partial charge in [0.2, 0.25) is 0 Å². The zero-order chi connectivity index (χ0) is 15.7. The van der Waals surface area contributed by atoms with E-state index in [-0.39, 0.29) is 5.43 Å². The molecule has 0 aliphatic rings. The Labute approximate surface area is 138 Å². The third kappa shape index (κ3) is 2.94. The molecule has 0 fully saturated rings. The van der Waals surface area contributed by atoms with E-state index in [1.54, 1.807) is 24.3 Å². The van der Waals surface area contributed by atoms with Crippen LogP contribution in [0.2, 0.25) is 10.0 Å². The van der Waals surface area contributed by atoms with Crippen LogP contribution in [0.4, 0.5) is 0 Å². The molecule has 0 N–H and O–H groups in total. The number of nitrogens with zero attached hydrogens (tertiary/aromatic N) is 1. The third-order valence-corrected chi connectivity index (χ3v) is 3.90. The number of hydrogen-bond donors (Lipinski definition) is 0. The molecule has 2 nitrogen and oxygen atoms in total. The van der Waals surface area contributed by atoms with Crippen LogP contribution in [0.3, 0.4) is 0 Å².